The number of rotatable bonds is 2. The van der Waals surface area contributed by atoms with E-state index >= 15 is 0 Å². The SMILES string of the molecule is Cc1nc(-c2ccc(F)cc2)n(-c2ccc(Cl)cc2)n1. The summed E-state index contributed by atoms with van der Waals surface area (Å²) in [7, 11) is 0. The van der Waals surface area contributed by atoms with Crippen LogP contribution in [0.4, 0.5) is 4.39 Å². The summed E-state index contributed by atoms with van der Waals surface area (Å²) in [6.07, 6.45) is 0. The predicted octanol–water partition coefficient (Wildman–Crippen LogP) is 4.04. The Morgan fingerprint density at radius 3 is 2.30 bits per heavy atom. The van der Waals surface area contributed by atoms with E-state index in [-0.39, 0.29) is 5.82 Å². The molecular weight excluding hydrogens is 277 g/mol. The van der Waals surface area contributed by atoms with Crippen molar-refractivity contribution in [3.8, 4) is 17.1 Å². The van der Waals surface area contributed by atoms with E-state index in [9.17, 15) is 4.39 Å². The Kier molecular flexibility index (Phi) is 3.24. The third kappa shape index (κ3) is 2.42. The molecule has 1 aromatic heterocycles. The maximum absolute atomic E-state index is 13.0. The molecule has 0 bridgehead atoms. The Morgan fingerprint density at radius 1 is 1.00 bits per heavy atom. The van der Waals surface area contributed by atoms with Crippen molar-refractivity contribution in [2.24, 2.45) is 0 Å². The van der Waals surface area contributed by atoms with E-state index in [0.29, 0.717) is 16.7 Å². The van der Waals surface area contributed by atoms with E-state index in [1.54, 1.807) is 28.9 Å². The molecule has 0 saturated carbocycles. The molecule has 100 valence electrons. The van der Waals surface area contributed by atoms with Gasteiger partial charge in [-0.15, -0.1) is 0 Å². The van der Waals surface area contributed by atoms with E-state index in [4.69, 9.17) is 11.6 Å². The highest BCUT2D eigenvalue weighted by Crippen LogP contribution is 2.22. The lowest BCUT2D eigenvalue weighted by Crippen LogP contribution is -1.99. The van der Waals surface area contributed by atoms with Crippen molar-refractivity contribution in [3.05, 3.63) is 65.2 Å². The van der Waals surface area contributed by atoms with Crippen molar-refractivity contribution in [1.82, 2.24) is 14.8 Å². The molecule has 0 aliphatic rings. The van der Waals surface area contributed by atoms with Crippen molar-refractivity contribution in [3.63, 3.8) is 0 Å². The van der Waals surface area contributed by atoms with E-state index in [2.05, 4.69) is 10.1 Å². The molecule has 0 aliphatic heterocycles. The molecule has 5 heteroatoms. The van der Waals surface area contributed by atoms with Crippen LogP contribution in [0.2, 0.25) is 5.02 Å². The summed E-state index contributed by atoms with van der Waals surface area (Å²) in [5.74, 6) is 1.05. The molecule has 20 heavy (non-hydrogen) atoms. The lowest BCUT2D eigenvalue weighted by molar-refractivity contribution is 0.628. The first-order chi connectivity index (χ1) is 9.63. The van der Waals surface area contributed by atoms with Crippen molar-refractivity contribution in [2.75, 3.05) is 0 Å². The molecule has 0 saturated heterocycles. The van der Waals surface area contributed by atoms with Gasteiger partial charge in [0.05, 0.1) is 5.69 Å². The lowest BCUT2D eigenvalue weighted by atomic mass is 10.2. The van der Waals surface area contributed by atoms with Gasteiger partial charge in [-0.25, -0.2) is 14.1 Å². The number of halogens is 2. The summed E-state index contributed by atoms with van der Waals surface area (Å²) >= 11 is 5.89. The van der Waals surface area contributed by atoms with Crippen molar-refractivity contribution in [1.29, 1.82) is 0 Å². The number of aryl methyl sites for hydroxylation is 1. The van der Waals surface area contributed by atoms with Gasteiger partial charge in [-0.05, 0) is 55.5 Å². The molecule has 0 aliphatic carbocycles. The van der Waals surface area contributed by atoms with Crippen LogP contribution in [-0.4, -0.2) is 14.8 Å². The summed E-state index contributed by atoms with van der Waals surface area (Å²) in [5.41, 5.74) is 1.66. The largest absolute Gasteiger partial charge is 0.213 e. The molecule has 0 N–H and O–H groups in total. The minimum Gasteiger partial charge on any atom is -0.213 e. The average Bonchev–Trinajstić information content (AvgIpc) is 2.82. The highest BCUT2D eigenvalue weighted by Gasteiger charge is 2.11. The molecule has 0 atom stereocenters. The Hall–Kier alpha value is -2.20. The molecule has 3 rings (SSSR count). The zero-order chi connectivity index (χ0) is 14.1. The van der Waals surface area contributed by atoms with Crippen LogP contribution < -0.4 is 0 Å². The van der Waals surface area contributed by atoms with Crippen molar-refractivity contribution in [2.45, 2.75) is 6.92 Å². The summed E-state index contributed by atoms with van der Waals surface area (Å²) in [4.78, 5) is 4.41. The van der Waals surface area contributed by atoms with Crippen LogP contribution in [0.1, 0.15) is 5.82 Å². The second-order valence-electron chi connectivity index (χ2n) is 4.38. The highest BCUT2D eigenvalue weighted by atomic mass is 35.5. The number of aromatic nitrogens is 3. The first-order valence-electron chi connectivity index (χ1n) is 6.09. The molecule has 0 unspecified atom stereocenters. The van der Waals surface area contributed by atoms with Gasteiger partial charge in [0.15, 0.2) is 5.82 Å². The van der Waals surface area contributed by atoms with Gasteiger partial charge in [0, 0.05) is 10.6 Å². The minimum atomic E-state index is -0.275. The van der Waals surface area contributed by atoms with E-state index in [0.717, 1.165) is 11.3 Å². The van der Waals surface area contributed by atoms with Gasteiger partial charge in [0.2, 0.25) is 0 Å². The minimum absolute atomic E-state index is 0.275. The standard InChI is InChI=1S/C15H11ClFN3/c1-10-18-15(11-2-6-13(17)7-3-11)20(19-10)14-8-4-12(16)5-9-14/h2-9H,1H3. The third-order valence-corrected chi connectivity index (χ3v) is 3.14. The fourth-order valence-electron chi connectivity index (χ4n) is 1.96. The smallest absolute Gasteiger partial charge is 0.163 e. The molecule has 3 aromatic rings. The van der Waals surface area contributed by atoms with E-state index < -0.39 is 0 Å². The van der Waals surface area contributed by atoms with Crippen LogP contribution in [-0.2, 0) is 0 Å². The van der Waals surface area contributed by atoms with Crippen molar-refractivity contribution < 1.29 is 4.39 Å². The normalized spacial score (nSPS) is 10.8. The molecular formula is C15H11ClFN3. The average molecular weight is 288 g/mol. The van der Waals surface area contributed by atoms with Crippen molar-refractivity contribution >= 4 is 11.6 Å². The third-order valence-electron chi connectivity index (χ3n) is 2.89. The molecule has 0 spiro atoms. The second-order valence-corrected chi connectivity index (χ2v) is 4.81. The van der Waals surface area contributed by atoms with Gasteiger partial charge < -0.3 is 0 Å². The molecule has 2 aromatic carbocycles. The van der Waals surface area contributed by atoms with Gasteiger partial charge in [0.1, 0.15) is 11.6 Å². The molecule has 0 amide bonds. The Bertz CT molecular complexity index is 670. The molecule has 1 heterocycles. The predicted molar refractivity (Wildman–Crippen MR) is 76.5 cm³/mol. The number of hydrogen-bond acceptors (Lipinski definition) is 2. The fraction of sp³-hybridized carbons (Fsp3) is 0.0667. The quantitative estimate of drug-likeness (QED) is 0.712. The van der Waals surface area contributed by atoms with E-state index in [1.807, 2.05) is 19.1 Å². The fourth-order valence-corrected chi connectivity index (χ4v) is 2.09. The molecule has 0 radical (unpaired) electrons. The van der Waals surface area contributed by atoms with Crippen LogP contribution >= 0.6 is 11.6 Å². The number of nitrogens with zero attached hydrogens (tertiary/aromatic N) is 3. The monoisotopic (exact) mass is 287 g/mol. The van der Waals surface area contributed by atoms with Gasteiger partial charge in [-0.1, -0.05) is 11.6 Å². The topological polar surface area (TPSA) is 30.7 Å². The molecule has 3 nitrogen and oxygen atoms in total. The van der Waals surface area contributed by atoms with Crippen LogP contribution in [0.15, 0.2) is 48.5 Å². The Balaban J connectivity index is 2.12. The Labute approximate surface area is 120 Å². The first kappa shape index (κ1) is 12.8. The van der Waals surface area contributed by atoms with Crippen LogP contribution in [0.5, 0.6) is 0 Å². The summed E-state index contributed by atoms with van der Waals surface area (Å²) in [6, 6.07) is 13.5. The maximum atomic E-state index is 13.0. The summed E-state index contributed by atoms with van der Waals surface area (Å²) in [6.45, 7) is 1.82. The second kappa shape index (κ2) is 5.06. The maximum Gasteiger partial charge on any atom is 0.163 e. The zero-order valence-electron chi connectivity index (χ0n) is 10.7. The van der Waals surface area contributed by atoms with E-state index in [1.165, 1.54) is 12.1 Å². The van der Waals surface area contributed by atoms with Gasteiger partial charge >= 0.3 is 0 Å². The summed E-state index contributed by atoms with van der Waals surface area (Å²) < 4.78 is 14.7. The summed E-state index contributed by atoms with van der Waals surface area (Å²) in [5, 5.41) is 5.04. The number of benzene rings is 2. The van der Waals surface area contributed by atoms with Gasteiger partial charge in [0.25, 0.3) is 0 Å². The highest BCUT2D eigenvalue weighted by molar-refractivity contribution is 6.30. The van der Waals surface area contributed by atoms with Crippen LogP contribution in [0, 0.1) is 12.7 Å². The zero-order valence-corrected chi connectivity index (χ0v) is 11.5. The van der Waals surface area contributed by atoms with Crippen LogP contribution in [0.3, 0.4) is 0 Å². The van der Waals surface area contributed by atoms with Gasteiger partial charge in [-0.2, -0.15) is 5.10 Å². The Morgan fingerprint density at radius 2 is 1.65 bits per heavy atom. The number of hydrogen-bond donors (Lipinski definition) is 0. The van der Waals surface area contributed by atoms with Gasteiger partial charge in [-0.3, -0.25) is 0 Å². The lowest BCUT2D eigenvalue weighted by Gasteiger charge is -2.06. The molecule has 0 fully saturated rings. The van der Waals surface area contributed by atoms with Crippen LogP contribution in [0.25, 0.3) is 17.1 Å². The first-order valence-corrected chi connectivity index (χ1v) is 6.47.